The van der Waals surface area contributed by atoms with Crippen LogP contribution >= 0.6 is 0 Å². The minimum absolute atomic E-state index is 0.0508. The lowest BCUT2D eigenvalue weighted by molar-refractivity contribution is -0.131. The fourth-order valence-electron chi connectivity index (χ4n) is 2.79. The van der Waals surface area contributed by atoms with Crippen LogP contribution in [0.5, 0.6) is 11.5 Å². The van der Waals surface area contributed by atoms with Gasteiger partial charge in [0.1, 0.15) is 17.0 Å². The van der Waals surface area contributed by atoms with Gasteiger partial charge in [0.15, 0.2) is 0 Å². The van der Waals surface area contributed by atoms with E-state index in [0.717, 1.165) is 5.01 Å². The Morgan fingerprint density at radius 2 is 1.82 bits per heavy atom. The number of urea groups is 1. The van der Waals surface area contributed by atoms with Gasteiger partial charge < -0.3 is 14.8 Å². The Balaban J connectivity index is 1.83. The summed E-state index contributed by atoms with van der Waals surface area (Å²) in [6.07, 6.45) is 1.35. The molecule has 0 radical (unpaired) electrons. The highest BCUT2D eigenvalue weighted by molar-refractivity contribution is 6.07. The van der Waals surface area contributed by atoms with Crippen LogP contribution in [0.25, 0.3) is 0 Å². The second-order valence-electron chi connectivity index (χ2n) is 6.06. The number of benzene rings is 2. The number of hydrogen-bond acceptors (Lipinski definition) is 5. The van der Waals surface area contributed by atoms with E-state index in [2.05, 4.69) is 15.2 Å². The second-order valence-corrected chi connectivity index (χ2v) is 6.06. The maximum Gasteiger partial charge on any atom is 0.387 e. The van der Waals surface area contributed by atoms with Gasteiger partial charge in [0.25, 0.3) is 5.91 Å². The quantitative estimate of drug-likeness (QED) is 0.608. The summed E-state index contributed by atoms with van der Waals surface area (Å²) in [7, 11) is 1.50. The Bertz CT molecular complexity index is 918. The molecule has 1 saturated heterocycles. The van der Waals surface area contributed by atoms with Crippen molar-refractivity contribution in [3.8, 4) is 11.5 Å². The third kappa shape index (κ3) is 3.64. The molecule has 0 unspecified atom stereocenters. The molecule has 0 aliphatic carbocycles. The zero-order valence-corrected chi connectivity index (χ0v) is 15.1. The molecule has 2 aromatic rings. The zero-order chi connectivity index (χ0) is 20.3. The normalized spacial score (nSPS) is 19.4. The highest BCUT2D eigenvalue weighted by Gasteiger charge is 2.49. The molecular weight excluding hydrogens is 372 g/mol. The van der Waals surface area contributed by atoms with Gasteiger partial charge in [-0.3, -0.25) is 4.79 Å². The first-order chi connectivity index (χ1) is 13.3. The van der Waals surface area contributed by atoms with E-state index in [-0.39, 0.29) is 5.75 Å². The van der Waals surface area contributed by atoms with Crippen molar-refractivity contribution in [1.29, 1.82) is 0 Å². The van der Waals surface area contributed by atoms with Crippen LogP contribution in [0.4, 0.5) is 13.6 Å². The van der Waals surface area contributed by atoms with E-state index in [1.54, 1.807) is 24.3 Å². The van der Waals surface area contributed by atoms with Crippen molar-refractivity contribution in [2.45, 2.75) is 19.1 Å². The van der Waals surface area contributed by atoms with Crippen molar-refractivity contribution < 1.29 is 27.8 Å². The maximum absolute atomic E-state index is 12.8. The molecule has 146 valence electrons. The summed E-state index contributed by atoms with van der Waals surface area (Å²) in [6, 6.07) is 11.8. The molecule has 0 aromatic heterocycles. The van der Waals surface area contributed by atoms with E-state index in [9.17, 15) is 18.4 Å². The van der Waals surface area contributed by atoms with Crippen LogP contribution < -0.4 is 14.8 Å². The van der Waals surface area contributed by atoms with Crippen molar-refractivity contribution >= 4 is 18.2 Å². The Morgan fingerprint density at radius 3 is 2.46 bits per heavy atom. The minimum atomic E-state index is -2.95. The molecule has 0 bridgehead atoms. The molecule has 3 amide bonds. The predicted molar refractivity (Wildman–Crippen MR) is 96.4 cm³/mol. The third-order valence-electron chi connectivity index (χ3n) is 4.28. The van der Waals surface area contributed by atoms with Crippen molar-refractivity contribution in [3.63, 3.8) is 0 Å². The number of hydrogen-bond donors (Lipinski definition) is 1. The standard InChI is InChI=1S/C19H17F2N3O4/c1-19(13-7-9-14(10-8-13)28-17(20)21)16(25)24(18(26)23-19)22-11-12-5-3-4-6-15(12)27-2/h3-11,17H,1-2H3,(H,23,26)/t19-/m1/s1. The lowest BCUT2D eigenvalue weighted by Crippen LogP contribution is -2.40. The van der Waals surface area contributed by atoms with Crippen molar-refractivity contribution in [2.75, 3.05) is 7.11 Å². The summed E-state index contributed by atoms with van der Waals surface area (Å²) < 4.78 is 34.0. The Morgan fingerprint density at radius 1 is 1.14 bits per heavy atom. The predicted octanol–water partition coefficient (Wildman–Crippen LogP) is 3.10. The summed E-state index contributed by atoms with van der Waals surface area (Å²) in [5, 5.41) is 7.28. The SMILES string of the molecule is COc1ccccc1C=NN1C(=O)N[C@](C)(c2ccc(OC(F)F)cc2)C1=O. The van der Waals surface area contributed by atoms with Gasteiger partial charge >= 0.3 is 12.6 Å². The third-order valence-corrected chi connectivity index (χ3v) is 4.28. The van der Waals surface area contributed by atoms with Crippen molar-refractivity contribution in [1.82, 2.24) is 10.3 Å². The Kier molecular flexibility index (Phi) is 5.25. The smallest absolute Gasteiger partial charge is 0.387 e. The zero-order valence-electron chi connectivity index (χ0n) is 15.1. The molecule has 1 aliphatic heterocycles. The number of carbonyl (C=O) groups excluding carboxylic acids is 2. The molecule has 0 saturated carbocycles. The van der Waals surface area contributed by atoms with Crippen LogP contribution in [0.1, 0.15) is 18.1 Å². The summed E-state index contributed by atoms with van der Waals surface area (Å²) in [5.74, 6) is -0.118. The molecule has 1 atom stereocenters. The fraction of sp³-hybridized carbons (Fsp3) is 0.211. The summed E-state index contributed by atoms with van der Waals surface area (Å²) in [6.45, 7) is -1.44. The lowest BCUT2D eigenvalue weighted by atomic mass is 9.92. The molecule has 0 spiro atoms. The van der Waals surface area contributed by atoms with E-state index < -0.39 is 24.1 Å². The average molecular weight is 389 g/mol. The van der Waals surface area contributed by atoms with Crippen LogP contribution in [0, 0.1) is 0 Å². The topological polar surface area (TPSA) is 80.2 Å². The second kappa shape index (κ2) is 7.63. The molecule has 1 N–H and O–H groups in total. The summed E-state index contributed by atoms with van der Waals surface area (Å²) in [5.41, 5.74) is -0.395. The number of nitrogens with zero attached hydrogens (tertiary/aromatic N) is 2. The number of para-hydroxylation sites is 1. The molecule has 3 rings (SSSR count). The Labute approximate surface area is 159 Å². The number of ether oxygens (including phenoxy) is 2. The van der Waals surface area contributed by atoms with Crippen LogP contribution in [0.3, 0.4) is 0 Å². The van der Waals surface area contributed by atoms with Crippen LogP contribution in [-0.4, -0.2) is 36.9 Å². The first-order valence-corrected chi connectivity index (χ1v) is 8.24. The molecule has 7 nitrogen and oxygen atoms in total. The number of rotatable bonds is 6. The largest absolute Gasteiger partial charge is 0.496 e. The molecule has 1 aliphatic rings. The van der Waals surface area contributed by atoms with Crippen LogP contribution in [0.15, 0.2) is 53.6 Å². The van der Waals surface area contributed by atoms with Gasteiger partial charge in [0.2, 0.25) is 0 Å². The molecule has 9 heteroatoms. The number of hydrazone groups is 1. The van der Waals surface area contributed by atoms with Gasteiger partial charge in [0, 0.05) is 5.56 Å². The van der Waals surface area contributed by atoms with E-state index in [0.29, 0.717) is 16.9 Å². The van der Waals surface area contributed by atoms with Crippen LogP contribution in [-0.2, 0) is 10.3 Å². The number of amides is 3. The number of imide groups is 1. The molecular formula is C19H17F2N3O4. The first kappa shape index (κ1) is 19.3. The monoisotopic (exact) mass is 389 g/mol. The van der Waals surface area contributed by atoms with Gasteiger partial charge in [-0.25, -0.2) is 4.79 Å². The van der Waals surface area contributed by atoms with Gasteiger partial charge in [-0.1, -0.05) is 24.3 Å². The minimum Gasteiger partial charge on any atom is -0.496 e. The van der Waals surface area contributed by atoms with Crippen molar-refractivity contribution in [3.05, 3.63) is 59.7 Å². The van der Waals surface area contributed by atoms with Crippen molar-refractivity contribution in [2.24, 2.45) is 5.10 Å². The van der Waals surface area contributed by atoms with Gasteiger partial charge in [-0.15, -0.1) is 5.01 Å². The highest BCUT2D eigenvalue weighted by Crippen LogP contribution is 2.30. The molecule has 1 heterocycles. The number of alkyl halides is 2. The first-order valence-electron chi connectivity index (χ1n) is 8.24. The van der Waals surface area contributed by atoms with E-state index >= 15 is 0 Å². The average Bonchev–Trinajstić information content (AvgIpc) is 2.90. The molecule has 1 fully saturated rings. The van der Waals surface area contributed by atoms with Gasteiger partial charge in [-0.2, -0.15) is 13.9 Å². The molecule has 2 aromatic carbocycles. The Hall–Kier alpha value is -3.49. The number of methoxy groups -OCH3 is 1. The maximum atomic E-state index is 12.8. The number of carbonyl (C=O) groups is 2. The van der Waals surface area contributed by atoms with E-state index in [1.807, 2.05) is 0 Å². The van der Waals surface area contributed by atoms with Gasteiger partial charge in [0.05, 0.1) is 13.3 Å². The molecule has 28 heavy (non-hydrogen) atoms. The summed E-state index contributed by atoms with van der Waals surface area (Å²) >= 11 is 0. The van der Waals surface area contributed by atoms with Crippen LogP contribution in [0.2, 0.25) is 0 Å². The lowest BCUT2D eigenvalue weighted by Gasteiger charge is -2.21. The van der Waals surface area contributed by atoms with E-state index in [4.69, 9.17) is 4.74 Å². The fourth-order valence-corrected chi connectivity index (χ4v) is 2.79. The van der Waals surface area contributed by atoms with E-state index in [1.165, 1.54) is 44.5 Å². The highest BCUT2D eigenvalue weighted by atomic mass is 19.3. The van der Waals surface area contributed by atoms with Gasteiger partial charge in [-0.05, 0) is 36.8 Å². The number of halogens is 2. The number of nitrogens with one attached hydrogen (secondary N) is 1. The summed E-state index contributed by atoms with van der Waals surface area (Å²) in [4.78, 5) is 25.1.